The Kier molecular flexibility index (Phi) is 10.4. The Morgan fingerprint density at radius 3 is 2.56 bits per heavy atom. The third kappa shape index (κ3) is 8.23. The van der Waals surface area contributed by atoms with Crippen molar-refractivity contribution in [3.63, 3.8) is 0 Å². The second-order valence-electron chi connectivity index (χ2n) is 12.3. The molecule has 0 saturated carbocycles. The van der Waals surface area contributed by atoms with Crippen LogP contribution in [0.25, 0.3) is 0 Å². The fourth-order valence-electron chi connectivity index (χ4n) is 5.82. The Hall–Kier alpha value is -4.34. The Morgan fingerprint density at radius 2 is 1.82 bits per heavy atom. The number of carbonyl (C=O) groups is 2. The van der Waals surface area contributed by atoms with Crippen LogP contribution in [0.15, 0.2) is 77.7 Å². The van der Waals surface area contributed by atoms with Crippen LogP contribution in [-0.4, -0.2) is 57.0 Å². The largest absolute Gasteiger partial charge is 0.446 e. The number of aromatic nitrogens is 2. The number of nitrogens with one attached hydrogen (secondary N) is 2. The molecule has 0 aliphatic carbocycles. The van der Waals surface area contributed by atoms with Crippen LogP contribution in [0.2, 0.25) is 0 Å². The molecule has 3 unspecified atom stereocenters. The van der Waals surface area contributed by atoms with E-state index in [4.69, 9.17) is 4.42 Å². The predicted octanol–water partition coefficient (Wildman–Crippen LogP) is 5.28. The van der Waals surface area contributed by atoms with Gasteiger partial charge in [-0.3, -0.25) is 14.6 Å². The first-order chi connectivity index (χ1) is 21.7. The van der Waals surface area contributed by atoms with Gasteiger partial charge in [0.05, 0.1) is 17.8 Å². The van der Waals surface area contributed by atoms with Gasteiger partial charge in [-0.05, 0) is 79.5 Å². The van der Waals surface area contributed by atoms with Gasteiger partial charge in [-0.2, -0.15) is 0 Å². The van der Waals surface area contributed by atoms with E-state index in [2.05, 4.69) is 40.5 Å². The third-order valence-corrected chi connectivity index (χ3v) is 8.27. The molecule has 3 atom stereocenters. The normalized spacial score (nSPS) is 16.1. The van der Waals surface area contributed by atoms with Crippen molar-refractivity contribution < 1.29 is 19.1 Å². The van der Waals surface area contributed by atoms with Crippen LogP contribution in [-0.2, 0) is 13.0 Å². The summed E-state index contributed by atoms with van der Waals surface area (Å²) in [5, 5.41) is 17.7. The lowest BCUT2D eigenvalue weighted by Crippen LogP contribution is -2.48. The van der Waals surface area contributed by atoms with Crippen molar-refractivity contribution in [3.05, 3.63) is 118 Å². The summed E-state index contributed by atoms with van der Waals surface area (Å²) >= 11 is 0. The number of likely N-dealkylation sites (tertiary alicyclic amines) is 1. The van der Waals surface area contributed by atoms with Gasteiger partial charge >= 0.3 is 0 Å². The molecular formula is C36H43N5O4. The molecule has 9 nitrogen and oxygen atoms in total. The summed E-state index contributed by atoms with van der Waals surface area (Å²) in [5.74, 6) is 0.411. The lowest BCUT2D eigenvalue weighted by Gasteiger charge is -2.25. The van der Waals surface area contributed by atoms with Gasteiger partial charge in [0.15, 0.2) is 0 Å². The summed E-state index contributed by atoms with van der Waals surface area (Å²) in [7, 11) is 0. The number of aliphatic hydroxyl groups excluding tert-OH is 1. The Labute approximate surface area is 265 Å². The number of rotatable bonds is 12. The number of hydrogen-bond acceptors (Lipinski definition) is 7. The minimum absolute atomic E-state index is 0.160. The average Bonchev–Trinajstić information content (AvgIpc) is 3.70. The van der Waals surface area contributed by atoms with Gasteiger partial charge in [-0.15, -0.1) is 0 Å². The number of benzene rings is 2. The minimum atomic E-state index is -0.865. The van der Waals surface area contributed by atoms with Gasteiger partial charge in [0.2, 0.25) is 5.89 Å². The highest BCUT2D eigenvalue weighted by atomic mass is 16.3. The second-order valence-corrected chi connectivity index (χ2v) is 12.3. The van der Waals surface area contributed by atoms with Crippen LogP contribution >= 0.6 is 0 Å². The first-order valence-electron chi connectivity index (χ1n) is 15.7. The first-order valence-corrected chi connectivity index (χ1v) is 15.7. The van der Waals surface area contributed by atoms with E-state index in [0.29, 0.717) is 42.4 Å². The topological polar surface area (TPSA) is 121 Å². The van der Waals surface area contributed by atoms with E-state index in [9.17, 15) is 14.7 Å². The molecule has 0 bridgehead atoms. The fraction of sp³-hybridized carbons (Fsp3) is 0.389. The van der Waals surface area contributed by atoms with Crippen LogP contribution < -0.4 is 10.6 Å². The molecule has 0 spiro atoms. The van der Waals surface area contributed by atoms with Gasteiger partial charge in [-0.1, -0.05) is 50.2 Å². The molecule has 1 saturated heterocycles. The summed E-state index contributed by atoms with van der Waals surface area (Å²) in [5.41, 5.74) is 5.58. The van der Waals surface area contributed by atoms with Gasteiger partial charge < -0.3 is 25.1 Å². The standard InChI is InChI=1S/C36H43N5O4/c1-23(2)30-15-27(18-37-20-30)19-38-21-33(42)31(16-26-9-6-5-7-10-26)40-34(43)28-13-24(3)14-29(17-28)36(44)41-12-8-11-32(41)35-39-25(4)22-45-35/h5-7,9-10,13-15,17-18,20,22-23,31-33,38,42H,8,11-12,16,19,21H2,1-4H3,(H,40,43). The molecule has 0 radical (unpaired) electrons. The summed E-state index contributed by atoms with van der Waals surface area (Å²) in [4.78, 5) is 38.0. The van der Waals surface area contributed by atoms with E-state index in [1.807, 2.05) is 56.6 Å². The van der Waals surface area contributed by atoms with E-state index in [1.54, 1.807) is 29.4 Å². The zero-order chi connectivity index (χ0) is 31.9. The van der Waals surface area contributed by atoms with Gasteiger partial charge in [0.25, 0.3) is 11.8 Å². The molecule has 1 fully saturated rings. The molecule has 45 heavy (non-hydrogen) atoms. The lowest BCUT2D eigenvalue weighted by atomic mass is 9.99. The number of nitrogens with zero attached hydrogens (tertiary/aromatic N) is 3. The summed E-state index contributed by atoms with van der Waals surface area (Å²) < 4.78 is 5.63. The van der Waals surface area contributed by atoms with Gasteiger partial charge in [0.1, 0.15) is 12.3 Å². The van der Waals surface area contributed by atoms with Crippen molar-refractivity contribution >= 4 is 11.8 Å². The van der Waals surface area contributed by atoms with Crippen LogP contribution in [0, 0.1) is 13.8 Å². The van der Waals surface area contributed by atoms with Crippen molar-refractivity contribution in [2.24, 2.45) is 0 Å². The zero-order valence-corrected chi connectivity index (χ0v) is 26.5. The molecule has 1 aliphatic rings. The van der Waals surface area contributed by atoms with Crippen LogP contribution in [0.5, 0.6) is 0 Å². The van der Waals surface area contributed by atoms with Crippen LogP contribution in [0.1, 0.15) is 93.2 Å². The van der Waals surface area contributed by atoms with E-state index in [0.717, 1.165) is 40.8 Å². The molecule has 9 heteroatoms. The summed E-state index contributed by atoms with van der Waals surface area (Å²) in [6, 6.07) is 16.3. The molecule has 236 valence electrons. The van der Waals surface area contributed by atoms with Crippen LogP contribution in [0.4, 0.5) is 0 Å². The highest BCUT2D eigenvalue weighted by molar-refractivity contribution is 6.00. The van der Waals surface area contributed by atoms with E-state index >= 15 is 0 Å². The maximum atomic E-state index is 13.7. The van der Waals surface area contributed by atoms with E-state index < -0.39 is 12.1 Å². The van der Waals surface area contributed by atoms with Crippen molar-refractivity contribution in [2.45, 2.75) is 77.6 Å². The van der Waals surface area contributed by atoms with Gasteiger partial charge in [-0.25, -0.2) is 4.98 Å². The van der Waals surface area contributed by atoms with Crippen molar-refractivity contribution in [1.29, 1.82) is 0 Å². The smallest absolute Gasteiger partial charge is 0.254 e. The van der Waals surface area contributed by atoms with Crippen molar-refractivity contribution in [1.82, 2.24) is 25.5 Å². The Balaban J connectivity index is 1.29. The molecule has 5 rings (SSSR count). The fourth-order valence-corrected chi connectivity index (χ4v) is 5.82. The van der Waals surface area contributed by atoms with Crippen molar-refractivity contribution in [3.8, 4) is 0 Å². The first kappa shape index (κ1) is 32.1. The number of aliphatic hydroxyl groups is 1. The summed E-state index contributed by atoms with van der Waals surface area (Å²) in [6.07, 6.45) is 6.50. The van der Waals surface area contributed by atoms with E-state index in [-0.39, 0.29) is 24.4 Å². The lowest BCUT2D eigenvalue weighted by molar-refractivity contribution is 0.0715. The van der Waals surface area contributed by atoms with Gasteiger partial charge in [0, 0.05) is 43.2 Å². The van der Waals surface area contributed by atoms with E-state index in [1.165, 1.54) is 0 Å². The molecule has 4 aromatic rings. The monoisotopic (exact) mass is 609 g/mol. The maximum Gasteiger partial charge on any atom is 0.254 e. The van der Waals surface area contributed by atoms with Crippen LogP contribution in [0.3, 0.4) is 0 Å². The maximum absolute atomic E-state index is 13.7. The molecule has 2 aromatic heterocycles. The predicted molar refractivity (Wildman–Crippen MR) is 173 cm³/mol. The average molecular weight is 610 g/mol. The Bertz CT molecular complexity index is 1600. The number of carbonyl (C=O) groups excluding carboxylic acids is 2. The molecule has 2 aromatic carbocycles. The third-order valence-electron chi connectivity index (χ3n) is 8.27. The molecule has 3 N–H and O–H groups in total. The summed E-state index contributed by atoms with van der Waals surface area (Å²) in [6.45, 7) is 9.41. The highest BCUT2D eigenvalue weighted by Crippen LogP contribution is 2.33. The second kappa shape index (κ2) is 14.6. The molecule has 1 aliphatic heterocycles. The minimum Gasteiger partial charge on any atom is -0.446 e. The van der Waals surface area contributed by atoms with Crippen molar-refractivity contribution in [2.75, 3.05) is 13.1 Å². The number of oxazole rings is 1. The zero-order valence-electron chi connectivity index (χ0n) is 26.5. The highest BCUT2D eigenvalue weighted by Gasteiger charge is 2.34. The number of hydrogen-bond donors (Lipinski definition) is 3. The SMILES string of the molecule is Cc1cc(C(=O)NC(Cc2ccccc2)C(O)CNCc2cncc(C(C)C)c2)cc(C(=O)N2CCCC2c2nc(C)co2)c1. The Morgan fingerprint density at radius 1 is 1.04 bits per heavy atom. The number of aryl methyl sites for hydroxylation is 2. The molecule has 2 amide bonds. The quantitative estimate of drug-likeness (QED) is 0.200. The molecule has 3 heterocycles. The number of amides is 2. The number of pyridine rings is 1. The molecular weight excluding hydrogens is 566 g/mol.